The molecule has 0 fully saturated rings. The van der Waals surface area contributed by atoms with Crippen molar-refractivity contribution in [1.29, 1.82) is 5.26 Å². The number of nitriles is 1. The fourth-order valence-corrected chi connectivity index (χ4v) is 0.780. The summed E-state index contributed by atoms with van der Waals surface area (Å²) >= 11 is 0. The second kappa shape index (κ2) is 3.41. The molecular weight excluding hydrogens is 152 g/mol. The Labute approximate surface area is 69.7 Å². The van der Waals surface area contributed by atoms with E-state index in [2.05, 4.69) is 16.8 Å². The first kappa shape index (κ1) is 8.10. The van der Waals surface area contributed by atoms with Gasteiger partial charge in [-0.25, -0.2) is 0 Å². The molecule has 1 aromatic heterocycles. The van der Waals surface area contributed by atoms with E-state index in [1.54, 1.807) is 18.3 Å². The molecule has 3 nitrogen and oxygen atoms in total. The summed E-state index contributed by atoms with van der Waals surface area (Å²) in [5.41, 5.74) is 0.983. The van der Waals surface area contributed by atoms with Gasteiger partial charge in [0.05, 0.1) is 5.56 Å². The molecule has 1 heterocycles. The molecule has 1 N–H and O–H groups in total. The van der Waals surface area contributed by atoms with E-state index >= 15 is 0 Å². The van der Waals surface area contributed by atoms with Gasteiger partial charge in [-0.3, -0.25) is 4.79 Å². The Morgan fingerprint density at radius 3 is 3.00 bits per heavy atom. The van der Waals surface area contributed by atoms with E-state index in [-0.39, 0.29) is 5.56 Å². The third kappa shape index (κ3) is 1.74. The highest BCUT2D eigenvalue weighted by atomic mass is 16.1. The number of nitrogens with zero attached hydrogens (tertiary/aromatic N) is 1. The lowest BCUT2D eigenvalue weighted by Gasteiger charge is -1.90. The second-order valence-corrected chi connectivity index (χ2v) is 2.28. The van der Waals surface area contributed by atoms with Crippen LogP contribution in [0.25, 0.3) is 0 Å². The zero-order valence-corrected chi connectivity index (χ0v) is 6.51. The van der Waals surface area contributed by atoms with Crippen LogP contribution in [0.2, 0.25) is 0 Å². The standard InChI is InChI=1S/C9H6N2O/c1-7-5-8(3-2-4-10)9(12)11-6-7/h5-6H,1H3,(H,11,12). The SMILES string of the molecule is Cc1c[nH]c(=O)c(C#CC#N)c1. The van der Waals surface area contributed by atoms with Crippen LogP contribution in [0, 0.1) is 30.1 Å². The normalized spacial score (nSPS) is 8.00. The fourth-order valence-electron chi connectivity index (χ4n) is 0.780. The molecule has 1 aromatic rings. The molecule has 0 atom stereocenters. The zero-order valence-electron chi connectivity index (χ0n) is 6.51. The van der Waals surface area contributed by atoms with Gasteiger partial charge in [0, 0.05) is 12.1 Å². The third-order valence-corrected chi connectivity index (χ3v) is 1.30. The van der Waals surface area contributed by atoms with Crippen LogP contribution in [0.3, 0.4) is 0 Å². The smallest absolute Gasteiger partial charge is 0.263 e. The Bertz CT molecular complexity index is 440. The van der Waals surface area contributed by atoms with Gasteiger partial charge < -0.3 is 4.98 Å². The van der Waals surface area contributed by atoms with Crippen LogP contribution in [-0.2, 0) is 0 Å². The van der Waals surface area contributed by atoms with Crippen molar-refractivity contribution in [3.8, 4) is 17.9 Å². The van der Waals surface area contributed by atoms with Crippen molar-refractivity contribution in [3.05, 3.63) is 33.7 Å². The number of pyridine rings is 1. The van der Waals surface area contributed by atoms with E-state index < -0.39 is 0 Å². The van der Waals surface area contributed by atoms with Gasteiger partial charge in [-0.05, 0) is 24.5 Å². The molecule has 0 aliphatic rings. The third-order valence-electron chi connectivity index (χ3n) is 1.30. The topological polar surface area (TPSA) is 56.6 Å². The number of hydrogen-bond donors (Lipinski definition) is 1. The summed E-state index contributed by atoms with van der Waals surface area (Å²) in [6.45, 7) is 1.84. The maximum Gasteiger partial charge on any atom is 0.263 e. The predicted molar refractivity (Wildman–Crippen MR) is 44.3 cm³/mol. The van der Waals surface area contributed by atoms with E-state index in [9.17, 15) is 4.79 Å². The van der Waals surface area contributed by atoms with Crippen molar-refractivity contribution in [2.75, 3.05) is 0 Å². The summed E-state index contributed by atoms with van der Waals surface area (Å²) in [4.78, 5) is 13.5. The molecule has 3 heteroatoms. The van der Waals surface area contributed by atoms with Crippen molar-refractivity contribution in [1.82, 2.24) is 4.98 Å². The molecule has 12 heavy (non-hydrogen) atoms. The number of aryl methyl sites for hydroxylation is 1. The van der Waals surface area contributed by atoms with Gasteiger partial charge in [0.1, 0.15) is 0 Å². The molecule has 0 radical (unpaired) electrons. The minimum Gasteiger partial charge on any atom is -0.328 e. The van der Waals surface area contributed by atoms with Crippen molar-refractivity contribution in [2.24, 2.45) is 0 Å². The number of aromatic nitrogens is 1. The van der Waals surface area contributed by atoms with Crippen LogP contribution in [0.5, 0.6) is 0 Å². The lowest BCUT2D eigenvalue weighted by Crippen LogP contribution is -2.08. The molecule has 58 valence electrons. The first-order chi connectivity index (χ1) is 5.74. The summed E-state index contributed by atoms with van der Waals surface area (Å²) in [5, 5.41) is 8.15. The lowest BCUT2D eigenvalue weighted by atomic mass is 10.2. The van der Waals surface area contributed by atoms with Crippen LogP contribution in [0.15, 0.2) is 17.1 Å². The van der Waals surface area contributed by atoms with E-state index in [4.69, 9.17) is 5.26 Å². The van der Waals surface area contributed by atoms with Crippen molar-refractivity contribution < 1.29 is 0 Å². The van der Waals surface area contributed by atoms with Gasteiger partial charge >= 0.3 is 0 Å². The maximum atomic E-state index is 11.0. The quantitative estimate of drug-likeness (QED) is 0.561. The molecule has 0 spiro atoms. The molecule has 0 aliphatic carbocycles. The van der Waals surface area contributed by atoms with Gasteiger partial charge in [-0.15, -0.1) is 0 Å². The van der Waals surface area contributed by atoms with Crippen molar-refractivity contribution in [2.45, 2.75) is 6.92 Å². The Hall–Kier alpha value is -2.00. The zero-order chi connectivity index (χ0) is 8.97. The van der Waals surface area contributed by atoms with Crippen molar-refractivity contribution in [3.63, 3.8) is 0 Å². The first-order valence-corrected chi connectivity index (χ1v) is 3.33. The van der Waals surface area contributed by atoms with Crippen LogP contribution in [0.4, 0.5) is 0 Å². The Kier molecular flexibility index (Phi) is 2.30. The predicted octanol–water partition coefficient (Wildman–Crippen LogP) is 0.558. The fraction of sp³-hybridized carbons (Fsp3) is 0.111. The molecule has 0 bridgehead atoms. The lowest BCUT2D eigenvalue weighted by molar-refractivity contribution is 1.18. The summed E-state index contributed by atoms with van der Waals surface area (Å²) in [6.07, 6.45) is 1.60. The summed E-state index contributed by atoms with van der Waals surface area (Å²) in [6, 6.07) is 3.29. The molecular formula is C9H6N2O. The Morgan fingerprint density at radius 1 is 1.58 bits per heavy atom. The molecule has 0 aromatic carbocycles. The number of nitrogens with one attached hydrogen (secondary N) is 1. The van der Waals surface area contributed by atoms with E-state index in [1.165, 1.54) is 0 Å². The Morgan fingerprint density at radius 2 is 2.33 bits per heavy atom. The Balaban J connectivity index is 3.26. The highest BCUT2D eigenvalue weighted by Crippen LogP contribution is 1.93. The van der Waals surface area contributed by atoms with Crippen LogP contribution >= 0.6 is 0 Å². The van der Waals surface area contributed by atoms with Crippen LogP contribution in [-0.4, -0.2) is 4.98 Å². The van der Waals surface area contributed by atoms with E-state index in [1.807, 2.05) is 6.92 Å². The summed E-state index contributed by atoms with van der Waals surface area (Å²) in [5.74, 6) is 4.62. The molecule has 1 rings (SSSR count). The van der Waals surface area contributed by atoms with Gasteiger partial charge in [0.15, 0.2) is 6.07 Å². The van der Waals surface area contributed by atoms with Crippen molar-refractivity contribution >= 4 is 0 Å². The average Bonchev–Trinajstić information content (AvgIpc) is 2.07. The van der Waals surface area contributed by atoms with Gasteiger partial charge in [0.25, 0.3) is 5.56 Å². The first-order valence-electron chi connectivity index (χ1n) is 3.33. The van der Waals surface area contributed by atoms with Crippen LogP contribution in [0.1, 0.15) is 11.1 Å². The van der Waals surface area contributed by atoms with E-state index in [0.717, 1.165) is 5.56 Å². The highest BCUT2D eigenvalue weighted by molar-refractivity contribution is 5.37. The maximum absolute atomic E-state index is 11.0. The number of hydrogen-bond acceptors (Lipinski definition) is 2. The molecule has 0 saturated heterocycles. The number of aromatic amines is 1. The molecule has 0 amide bonds. The number of H-pyrrole nitrogens is 1. The van der Waals surface area contributed by atoms with Gasteiger partial charge in [-0.2, -0.15) is 5.26 Å². The van der Waals surface area contributed by atoms with Gasteiger partial charge in [-0.1, -0.05) is 0 Å². The summed E-state index contributed by atoms with van der Waals surface area (Å²) < 4.78 is 0. The summed E-state index contributed by atoms with van der Waals surface area (Å²) in [7, 11) is 0. The monoisotopic (exact) mass is 158 g/mol. The second-order valence-electron chi connectivity index (χ2n) is 2.28. The molecule has 0 aliphatic heterocycles. The molecule has 0 unspecified atom stereocenters. The average molecular weight is 158 g/mol. The van der Waals surface area contributed by atoms with E-state index in [0.29, 0.717) is 5.56 Å². The minimum atomic E-state index is -0.261. The molecule has 0 saturated carbocycles. The van der Waals surface area contributed by atoms with Gasteiger partial charge in [0.2, 0.25) is 0 Å². The largest absolute Gasteiger partial charge is 0.328 e. The van der Waals surface area contributed by atoms with Crippen LogP contribution < -0.4 is 5.56 Å². The number of rotatable bonds is 0. The highest BCUT2D eigenvalue weighted by Gasteiger charge is 1.93. The minimum absolute atomic E-state index is 0.261.